The molecule has 0 amide bonds. The van der Waals surface area contributed by atoms with Gasteiger partial charge < -0.3 is 5.11 Å². The third kappa shape index (κ3) is 2.83. The van der Waals surface area contributed by atoms with Crippen LogP contribution in [0.1, 0.15) is 12.0 Å². The zero-order valence-electron chi connectivity index (χ0n) is 9.21. The fraction of sp³-hybridized carbons (Fsp3) is 0.455. The van der Waals surface area contributed by atoms with Gasteiger partial charge in [0.1, 0.15) is 5.82 Å². The van der Waals surface area contributed by atoms with Gasteiger partial charge in [-0.1, -0.05) is 18.2 Å². The van der Waals surface area contributed by atoms with E-state index in [0.717, 1.165) is 0 Å². The zero-order valence-corrected chi connectivity index (χ0v) is 10.0. The maximum absolute atomic E-state index is 13.4. The number of hydrogen-bond acceptors (Lipinski definition) is 3. The first-order valence-electron chi connectivity index (χ1n) is 5.38. The zero-order chi connectivity index (χ0) is 12.5. The number of β-amino-alcohol motifs (C(OH)–C–C–N with tert-alkyl or cyclic N) is 1. The summed E-state index contributed by atoms with van der Waals surface area (Å²) in [6.45, 7) is 0.411. The van der Waals surface area contributed by atoms with E-state index in [1.165, 1.54) is 22.5 Å². The second kappa shape index (κ2) is 4.72. The normalized spacial score (nSPS) is 21.9. The van der Waals surface area contributed by atoms with Gasteiger partial charge in [0.05, 0.1) is 11.9 Å². The van der Waals surface area contributed by atoms with Crippen LogP contribution in [0, 0.1) is 5.82 Å². The topological polar surface area (TPSA) is 57.6 Å². The summed E-state index contributed by atoms with van der Waals surface area (Å²) in [5.74, 6) is -0.873. The first kappa shape index (κ1) is 12.5. The van der Waals surface area contributed by atoms with Crippen LogP contribution in [-0.2, 0) is 15.8 Å². The minimum Gasteiger partial charge on any atom is -0.392 e. The van der Waals surface area contributed by atoms with Crippen LogP contribution in [0.25, 0.3) is 0 Å². The summed E-state index contributed by atoms with van der Waals surface area (Å²) < 4.78 is 38.5. The number of benzene rings is 1. The Bertz CT molecular complexity index is 503. The molecule has 2 rings (SSSR count). The number of sulfonamides is 1. The number of nitrogens with zero attached hydrogens (tertiary/aromatic N) is 1. The Morgan fingerprint density at radius 1 is 1.41 bits per heavy atom. The van der Waals surface area contributed by atoms with E-state index in [0.29, 0.717) is 13.0 Å². The highest BCUT2D eigenvalue weighted by atomic mass is 32.2. The number of halogens is 1. The number of rotatable bonds is 3. The quantitative estimate of drug-likeness (QED) is 0.870. The van der Waals surface area contributed by atoms with Crippen molar-refractivity contribution in [1.29, 1.82) is 0 Å². The van der Waals surface area contributed by atoms with Crippen LogP contribution in [-0.4, -0.2) is 37.0 Å². The highest BCUT2D eigenvalue weighted by Gasteiger charge is 2.30. The number of aliphatic hydroxyl groups excluding tert-OH is 1. The minimum absolute atomic E-state index is 0.108. The molecule has 0 spiro atoms. The van der Waals surface area contributed by atoms with Crippen molar-refractivity contribution >= 4 is 10.0 Å². The van der Waals surface area contributed by atoms with Gasteiger partial charge in [0, 0.05) is 18.7 Å². The van der Waals surface area contributed by atoms with E-state index in [9.17, 15) is 17.9 Å². The molecular weight excluding hydrogens is 245 g/mol. The Hall–Kier alpha value is -0.980. The summed E-state index contributed by atoms with van der Waals surface area (Å²) in [5.41, 5.74) is 0.161. The SMILES string of the molecule is O=S(=O)(Cc1ccccc1F)N1CC[C@@H](O)C1. The van der Waals surface area contributed by atoms with Crippen molar-refractivity contribution in [1.82, 2.24) is 4.31 Å². The molecule has 1 heterocycles. The van der Waals surface area contributed by atoms with Crippen LogP contribution in [0.2, 0.25) is 0 Å². The molecule has 94 valence electrons. The lowest BCUT2D eigenvalue weighted by Gasteiger charge is -2.15. The number of aliphatic hydroxyl groups is 1. The molecule has 0 radical (unpaired) electrons. The molecule has 1 aliphatic heterocycles. The van der Waals surface area contributed by atoms with Crippen molar-refractivity contribution in [2.24, 2.45) is 0 Å². The fourth-order valence-corrected chi connectivity index (χ4v) is 3.46. The molecule has 4 nitrogen and oxygen atoms in total. The van der Waals surface area contributed by atoms with Gasteiger partial charge in [0.2, 0.25) is 10.0 Å². The molecule has 0 bridgehead atoms. The van der Waals surface area contributed by atoms with Crippen molar-refractivity contribution < 1.29 is 17.9 Å². The maximum atomic E-state index is 13.4. The molecule has 0 saturated carbocycles. The van der Waals surface area contributed by atoms with Gasteiger partial charge in [-0.25, -0.2) is 12.8 Å². The lowest BCUT2D eigenvalue weighted by molar-refractivity contribution is 0.189. The van der Waals surface area contributed by atoms with E-state index in [-0.39, 0.29) is 17.9 Å². The molecule has 1 aromatic rings. The van der Waals surface area contributed by atoms with Gasteiger partial charge in [-0.2, -0.15) is 4.31 Å². The summed E-state index contributed by atoms with van der Waals surface area (Å²) in [7, 11) is -3.54. The van der Waals surface area contributed by atoms with E-state index in [1.54, 1.807) is 6.07 Å². The van der Waals surface area contributed by atoms with E-state index in [4.69, 9.17) is 0 Å². The van der Waals surface area contributed by atoms with Gasteiger partial charge in [0.15, 0.2) is 0 Å². The van der Waals surface area contributed by atoms with Gasteiger partial charge >= 0.3 is 0 Å². The van der Waals surface area contributed by atoms with Crippen LogP contribution in [0.5, 0.6) is 0 Å². The Balaban J connectivity index is 2.15. The molecule has 0 aliphatic carbocycles. The molecule has 17 heavy (non-hydrogen) atoms. The molecular formula is C11H14FNO3S. The van der Waals surface area contributed by atoms with Crippen LogP contribution < -0.4 is 0 Å². The summed E-state index contributed by atoms with van der Waals surface area (Å²) in [5, 5.41) is 9.30. The van der Waals surface area contributed by atoms with Crippen LogP contribution in [0.4, 0.5) is 4.39 Å². The van der Waals surface area contributed by atoms with Crippen molar-refractivity contribution in [3.05, 3.63) is 35.6 Å². The van der Waals surface area contributed by atoms with Gasteiger partial charge in [-0.15, -0.1) is 0 Å². The largest absolute Gasteiger partial charge is 0.392 e. The molecule has 1 fully saturated rings. The predicted octanol–water partition coefficient (Wildman–Crippen LogP) is 0.722. The van der Waals surface area contributed by atoms with Crippen LogP contribution in [0.15, 0.2) is 24.3 Å². The highest BCUT2D eigenvalue weighted by Crippen LogP contribution is 2.18. The first-order chi connectivity index (χ1) is 7.99. The monoisotopic (exact) mass is 259 g/mol. The average Bonchev–Trinajstić information content (AvgIpc) is 2.69. The Kier molecular flexibility index (Phi) is 3.46. The summed E-state index contributed by atoms with van der Waals surface area (Å²) in [6.07, 6.45) is -0.165. The Morgan fingerprint density at radius 2 is 2.12 bits per heavy atom. The highest BCUT2D eigenvalue weighted by molar-refractivity contribution is 7.88. The summed E-state index contributed by atoms with van der Waals surface area (Å²) in [6, 6.07) is 5.82. The van der Waals surface area contributed by atoms with Crippen molar-refractivity contribution in [2.75, 3.05) is 13.1 Å². The minimum atomic E-state index is -3.54. The second-order valence-corrected chi connectivity index (χ2v) is 6.12. The Morgan fingerprint density at radius 3 is 2.71 bits per heavy atom. The lowest BCUT2D eigenvalue weighted by Crippen LogP contribution is -2.31. The van der Waals surface area contributed by atoms with Crippen LogP contribution >= 0.6 is 0 Å². The third-order valence-corrected chi connectivity index (χ3v) is 4.61. The summed E-state index contributed by atoms with van der Waals surface area (Å²) in [4.78, 5) is 0. The van der Waals surface area contributed by atoms with E-state index in [2.05, 4.69) is 0 Å². The second-order valence-electron chi connectivity index (χ2n) is 4.15. The summed E-state index contributed by atoms with van der Waals surface area (Å²) >= 11 is 0. The van der Waals surface area contributed by atoms with E-state index >= 15 is 0 Å². The van der Waals surface area contributed by atoms with Crippen LogP contribution in [0.3, 0.4) is 0 Å². The van der Waals surface area contributed by atoms with Crippen molar-refractivity contribution in [2.45, 2.75) is 18.3 Å². The van der Waals surface area contributed by atoms with Gasteiger partial charge in [0.25, 0.3) is 0 Å². The molecule has 1 aromatic carbocycles. The van der Waals surface area contributed by atoms with E-state index < -0.39 is 21.9 Å². The number of hydrogen-bond donors (Lipinski definition) is 1. The standard InChI is InChI=1S/C11H14FNO3S/c12-11-4-2-1-3-9(11)8-17(15,16)13-6-5-10(14)7-13/h1-4,10,14H,5-8H2/t10-/m1/s1. The van der Waals surface area contributed by atoms with Crippen molar-refractivity contribution in [3.63, 3.8) is 0 Å². The fourth-order valence-electron chi connectivity index (χ4n) is 1.87. The molecule has 1 saturated heterocycles. The third-order valence-electron chi connectivity index (χ3n) is 2.82. The maximum Gasteiger partial charge on any atom is 0.218 e. The first-order valence-corrected chi connectivity index (χ1v) is 6.99. The lowest BCUT2D eigenvalue weighted by atomic mass is 10.2. The van der Waals surface area contributed by atoms with E-state index in [1.807, 2.05) is 0 Å². The molecule has 0 aromatic heterocycles. The van der Waals surface area contributed by atoms with Crippen molar-refractivity contribution in [3.8, 4) is 0 Å². The Labute approximate surface area is 99.7 Å². The average molecular weight is 259 g/mol. The molecule has 1 atom stereocenters. The molecule has 1 N–H and O–H groups in total. The predicted molar refractivity (Wildman–Crippen MR) is 61.2 cm³/mol. The smallest absolute Gasteiger partial charge is 0.218 e. The van der Waals surface area contributed by atoms with Gasteiger partial charge in [-0.3, -0.25) is 0 Å². The molecule has 0 unspecified atom stereocenters. The van der Waals surface area contributed by atoms with Gasteiger partial charge in [-0.05, 0) is 12.5 Å². The molecule has 6 heteroatoms. The molecule has 1 aliphatic rings.